The largest absolute Gasteiger partial charge is 0.367 e. The molecule has 2 aliphatic rings. The highest BCUT2D eigenvalue weighted by molar-refractivity contribution is 7.14. The van der Waals surface area contributed by atoms with Gasteiger partial charge in [-0.05, 0) is 44.6 Å². The monoisotopic (exact) mass is 524 g/mol. The van der Waals surface area contributed by atoms with E-state index >= 15 is 0 Å². The number of carbonyl (C=O) groups excluding carboxylic acids is 2. The average molecular weight is 525 g/mol. The van der Waals surface area contributed by atoms with Crippen molar-refractivity contribution in [1.29, 1.82) is 0 Å². The summed E-state index contributed by atoms with van der Waals surface area (Å²) in [5.41, 5.74) is 2.82. The molecule has 2 saturated heterocycles. The molecule has 0 aliphatic carbocycles. The maximum Gasteiger partial charge on any atom is 0.276 e. The fourth-order valence-corrected chi connectivity index (χ4v) is 5.74. The summed E-state index contributed by atoms with van der Waals surface area (Å²) < 4.78 is 0. The zero-order valence-electron chi connectivity index (χ0n) is 20.2. The SMILES string of the molecule is CN1CCC[C@@H](C(=O)N2CCN(c3ccc(C(=O)Nc4nc(-c5ccccc5Cl)cs4)nc3)CC2)C1. The summed E-state index contributed by atoms with van der Waals surface area (Å²) in [6.07, 6.45) is 3.79. The van der Waals surface area contributed by atoms with Crippen LogP contribution in [0.5, 0.6) is 0 Å². The van der Waals surface area contributed by atoms with Gasteiger partial charge in [-0.3, -0.25) is 14.9 Å². The van der Waals surface area contributed by atoms with Crippen molar-refractivity contribution in [1.82, 2.24) is 19.8 Å². The number of carbonyl (C=O) groups is 2. The molecule has 0 unspecified atom stereocenters. The lowest BCUT2D eigenvalue weighted by Gasteiger charge is -2.39. The first-order valence-corrected chi connectivity index (χ1v) is 13.4. The molecule has 1 N–H and O–H groups in total. The van der Waals surface area contributed by atoms with Crippen molar-refractivity contribution in [3.8, 4) is 11.3 Å². The molecule has 2 aromatic heterocycles. The fraction of sp³-hybridized carbons (Fsp3) is 0.385. The van der Waals surface area contributed by atoms with Crippen LogP contribution < -0.4 is 10.2 Å². The van der Waals surface area contributed by atoms with Gasteiger partial charge in [-0.25, -0.2) is 9.97 Å². The Morgan fingerprint density at radius 2 is 1.89 bits per heavy atom. The van der Waals surface area contributed by atoms with E-state index in [0.717, 1.165) is 56.0 Å². The number of hydrogen-bond acceptors (Lipinski definition) is 7. The second-order valence-electron chi connectivity index (χ2n) is 9.29. The lowest BCUT2D eigenvalue weighted by molar-refractivity contribution is -0.137. The predicted molar refractivity (Wildman–Crippen MR) is 144 cm³/mol. The quantitative estimate of drug-likeness (QED) is 0.541. The van der Waals surface area contributed by atoms with Crippen LogP contribution in [-0.4, -0.2) is 77.9 Å². The molecule has 10 heteroatoms. The van der Waals surface area contributed by atoms with Gasteiger partial charge in [0.05, 0.1) is 23.5 Å². The molecule has 0 spiro atoms. The van der Waals surface area contributed by atoms with E-state index in [1.807, 2.05) is 40.6 Å². The van der Waals surface area contributed by atoms with Crippen molar-refractivity contribution in [2.45, 2.75) is 12.8 Å². The Bertz CT molecular complexity index is 1230. The van der Waals surface area contributed by atoms with E-state index in [1.54, 1.807) is 12.3 Å². The van der Waals surface area contributed by atoms with E-state index in [9.17, 15) is 9.59 Å². The highest BCUT2D eigenvalue weighted by Gasteiger charge is 2.30. The van der Waals surface area contributed by atoms with Crippen molar-refractivity contribution >= 4 is 45.6 Å². The van der Waals surface area contributed by atoms with Crippen molar-refractivity contribution in [3.63, 3.8) is 0 Å². The van der Waals surface area contributed by atoms with E-state index in [2.05, 4.69) is 32.1 Å². The van der Waals surface area contributed by atoms with Crippen molar-refractivity contribution in [2.24, 2.45) is 5.92 Å². The number of halogens is 1. The molecule has 0 radical (unpaired) electrons. The molecule has 0 bridgehead atoms. The number of amides is 2. The number of piperidine rings is 1. The lowest BCUT2D eigenvalue weighted by atomic mass is 9.96. The van der Waals surface area contributed by atoms with Crippen molar-refractivity contribution in [3.05, 3.63) is 58.7 Å². The Morgan fingerprint density at radius 3 is 2.61 bits per heavy atom. The molecular weight excluding hydrogens is 496 g/mol. The lowest BCUT2D eigenvalue weighted by Crippen LogP contribution is -2.52. The van der Waals surface area contributed by atoms with Crippen LogP contribution in [0.1, 0.15) is 23.3 Å². The normalized spacial score (nSPS) is 18.8. The molecule has 2 fully saturated rings. The molecule has 5 rings (SSSR count). The molecule has 8 nitrogen and oxygen atoms in total. The zero-order chi connectivity index (χ0) is 25.1. The first-order valence-electron chi connectivity index (χ1n) is 12.2. The third kappa shape index (κ3) is 5.53. The minimum Gasteiger partial charge on any atom is -0.367 e. The van der Waals surface area contributed by atoms with E-state index in [4.69, 9.17) is 11.6 Å². The fourth-order valence-electron chi connectivity index (χ4n) is 4.80. The number of rotatable bonds is 5. The van der Waals surface area contributed by atoms with Crippen LogP contribution in [0.2, 0.25) is 5.02 Å². The van der Waals surface area contributed by atoms with Crippen LogP contribution in [0.25, 0.3) is 11.3 Å². The first-order chi connectivity index (χ1) is 17.5. The topological polar surface area (TPSA) is 81.7 Å². The Labute approximate surface area is 219 Å². The maximum atomic E-state index is 12.9. The minimum absolute atomic E-state index is 0.119. The van der Waals surface area contributed by atoms with Gasteiger partial charge >= 0.3 is 0 Å². The summed E-state index contributed by atoms with van der Waals surface area (Å²) in [7, 11) is 2.09. The number of anilines is 2. The Hall–Kier alpha value is -3.01. The summed E-state index contributed by atoms with van der Waals surface area (Å²) in [6, 6.07) is 11.1. The van der Waals surface area contributed by atoms with E-state index in [-0.39, 0.29) is 17.7 Å². The van der Waals surface area contributed by atoms with E-state index in [0.29, 0.717) is 28.9 Å². The second-order valence-corrected chi connectivity index (χ2v) is 10.6. The average Bonchev–Trinajstić information content (AvgIpc) is 3.37. The van der Waals surface area contributed by atoms with Gasteiger partial charge in [-0.2, -0.15) is 0 Å². The van der Waals surface area contributed by atoms with Gasteiger partial charge in [0.25, 0.3) is 5.91 Å². The number of benzene rings is 1. The number of thiazole rings is 1. The highest BCUT2D eigenvalue weighted by atomic mass is 35.5. The summed E-state index contributed by atoms with van der Waals surface area (Å²) in [6.45, 7) is 4.86. The summed E-state index contributed by atoms with van der Waals surface area (Å²) >= 11 is 7.60. The minimum atomic E-state index is -0.311. The molecule has 0 saturated carbocycles. The van der Waals surface area contributed by atoms with Crippen LogP contribution in [0.4, 0.5) is 10.8 Å². The summed E-state index contributed by atoms with van der Waals surface area (Å²) in [5, 5.41) is 5.79. The second kappa shape index (κ2) is 10.9. The summed E-state index contributed by atoms with van der Waals surface area (Å²) in [4.78, 5) is 41.0. The van der Waals surface area contributed by atoms with Gasteiger partial charge in [0.15, 0.2) is 5.13 Å². The zero-order valence-corrected chi connectivity index (χ0v) is 21.8. The van der Waals surface area contributed by atoms with Crippen LogP contribution in [-0.2, 0) is 4.79 Å². The molecule has 2 aliphatic heterocycles. The maximum absolute atomic E-state index is 12.9. The molecule has 188 valence electrons. The van der Waals surface area contributed by atoms with Crippen molar-refractivity contribution in [2.75, 3.05) is 56.5 Å². The smallest absolute Gasteiger partial charge is 0.276 e. The molecule has 36 heavy (non-hydrogen) atoms. The van der Waals surface area contributed by atoms with Gasteiger partial charge < -0.3 is 14.7 Å². The predicted octanol–water partition coefficient (Wildman–Crippen LogP) is 4.10. The van der Waals surface area contributed by atoms with Crippen molar-refractivity contribution < 1.29 is 9.59 Å². The van der Waals surface area contributed by atoms with Gasteiger partial charge in [0, 0.05) is 48.7 Å². The standard InChI is InChI=1S/C26H29ClN6O2S/c1-31-10-4-5-18(16-31)25(35)33-13-11-32(12-14-33)19-8-9-22(28-15-19)24(34)30-26-29-23(17-36-26)20-6-2-3-7-21(20)27/h2-3,6-9,15,17-18H,4-5,10-14,16H2,1H3,(H,29,30,34)/t18-/m1/s1. The van der Waals surface area contributed by atoms with Crippen LogP contribution in [0.3, 0.4) is 0 Å². The van der Waals surface area contributed by atoms with Crippen LogP contribution in [0.15, 0.2) is 48.0 Å². The molecule has 4 heterocycles. The van der Waals surface area contributed by atoms with Gasteiger partial charge in [0.1, 0.15) is 5.69 Å². The molecule has 2 amide bonds. The van der Waals surface area contributed by atoms with Crippen LogP contribution in [0, 0.1) is 5.92 Å². The molecule has 1 aromatic carbocycles. The van der Waals surface area contributed by atoms with Crippen LogP contribution >= 0.6 is 22.9 Å². The Kier molecular flexibility index (Phi) is 7.50. The molecular formula is C26H29ClN6O2S. The molecule has 3 aromatic rings. The molecule has 1 atom stereocenters. The van der Waals surface area contributed by atoms with E-state index in [1.165, 1.54) is 11.3 Å². The number of piperazine rings is 1. The summed E-state index contributed by atoms with van der Waals surface area (Å²) in [5.74, 6) is 0.0917. The Balaban J connectivity index is 1.15. The van der Waals surface area contributed by atoms with Gasteiger partial charge in [0.2, 0.25) is 5.91 Å². The van der Waals surface area contributed by atoms with Gasteiger partial charge in [-0.1, -0.05) is 29.8 Å². The number of nitrogens with one attached hydrogen (secondary N) is 1. The van der Waals surface area contributed by atoms with Gasteiger partial charge in [-0.15, -0.1) is 11.3 Å². The number of pyridine rings is 1. The number of hydrogen-bond donors (Lipinski definition) is 1. The third-order valence-electron chi connectivity index (χ3n) is 6.79. The Morgan fingerprint density at radius 1 is 1.08 bits per heavy atom. The number of nitrogens with zero attached hydrogens (tertiary/aromatic N) is 5. The first kappa shape index (κ1) is 24.7. The number of likely N-dealkylation sites (tertiary alicyclic amines) is 1. The number of aromatic nitrogens is 2. The third-order valence-corrected chi connectivity index (χ3v) is 7.87. The highest BCUT2D eigenvalue weighted by Crippen LogP contribution is 2.30. The van der Waals surface area contributed by atoms with E-state index < -0.39 is 0 Å².